The summed E-state index contributed by atoms with van der Waals surface area (Å²) in [6, 6.07) is 13.2. The fraction of sp³-hybridized carbons (Fsp3) is 0.318. The fourth-order valence-electron chi connectivity index (χ4n) is 3.16. The third-order valence-corrected chi connectivity index (χ3v) is 4.57. The van der Waals surface area contributed by atoms with Crippen LogP contribution in [0.2, 0.25) is 0 Å². The van der Waals surface area contributed by atoms with Gasteiger partial charge in [0.1, 0.15) is 24.2 Å². The second-order valence-corrected chi connectivity index (χ2v) is 6.94. The lowest BCUT2D eigenvalue weighted by Crippen LogP contribution is -2.32. The zero-order valence-corrected chi connectivity index (χ0v) is 16.4. The third-order valence-electron chi connectivity index (χ3n) is 4.57. The van der Waals surface area contributed by atoms with Gasteiger partial charge in [-0.25, -0.2) is 0 Å². The Morgan fingerprint density at radius 3 is 2.54 bits per heavy atom. The summed E-state index contributed by atoms with van der Waals surface area (Å²) in [6.45, 7) is 4.88. The van der Waals surface area contributed by atoms with E-state index in [1.807, 2.05) is 19.9 Å². The summed E-state index contributed by atoms with van der Waals surface area (Å²) >= 11 is 0. The highest BCUT2D eigenvalue weighted by Gasteiger charge is 2.08. The molecule has 1 aromatic heterocycles. The molecule has 1 unspecified atom stereocenters. The zero-order chi connectivity index (χ0) is 20.1. The van der Waals surface area contributed by atoms with Crippen molar-refractivity contribution in [3.8, 4) is 11.5 Å². The van der Waals surface area contributed by atoms with Gasteiger partial charge in [0.05, 0.1) is 12.6 Å². The van der Waals surface area contributed by atoms with Crippen molar-refractivity contribution in [3.05, 3.63) is 69.5 Å². The van der Waals surface area contributed by atoms with E-state index in [0.29, 0.717) is 24.4 Å². The monoisotopic (exact) mass is 382 g/mol. The maximum atomic E-state index is 12.3. The number of aliphatic hydroxyl groups is 1. The normalized spacial score (nSPS) is 12.1. The molecule has 0 saturated carbocycles. The standard InChI is InChI=1S/C22H26N2O4/c1-14-8-15(2)21-16(9-14)10-17(22(26)24-21)11-23-12-18(25)13-28-20-6-4-19(27-3)5-7-20/h4-10,18,23,25H,11-13H2,1-3H3,(H,24,26). The van der Waals surface area contributed by atoms with E-state index in [0.717, 1.165) is 27.8 Å². The molecule has 0 fully saturated rings. The second-order valence-electron chi connectivity index (χ2n) is 6.94. The number of nitrogens with one attached hydrogen (secondary N) is 2. The van der Waals surface area contributed by atoms with E-state index in [1.165, 1.54) is 0 Å². The number of aromatic amines is 1. The average Bonchev–Trinajstić information content (AvgIpc) is 2.68. The van der Waals surface area contributed by atoms with E-state index >= 15 is 0 Å². The number of aromatic nitrogens is 1. The first kappa shape index (κ1) is 19.9. The number of hydrogen-bond acceptors (Lipinski definition) is 5. The smallest absolute Gasteiger partial charge is 0.252 e. The van der Waals surface area contributed by atoms with Crippen LogP contribution in [-0.4, -0.2) is 36.5 Å². The summed E-state index contributed by atoms with van der Waals surface area (Å²) < 4.78 is 10.7. The highest BCUT2D eigenvalue weighted by Crippen LogP contribution is 2.18. The Bertz CT molecular complexity index is 996. The van der Waals surface area contributed by atoms with Gasteiger partial charge >= 0.3 is 0 Å². The third kappa shape index (κ3) is 4.91. The molecular weight excluding hydrogens is 356 g/mol. The molecule has 1 heterocycles. The maximum Gasteiger partial charge on any atom is 0.252 e. The van der Waals surface area contributed by atoms with Crippen LogP contribution in [-0.2, 0) is 6.54 Å². The molecule has 0 spiro atoms. The molecule has 6 heteroatoms. The van der Waals surface area contributed by atoms with Crippen LogP contribution < -0.4 is 20.3 Å². The molecule has 28 heavy (non-hydrogen) atoms. The highest BCUT2D eigenvalue weighted by atomic mass is 16.5. The van der Waals surface area contributed by atoms with Crippen molar-refractivity contribution in [2.24, 2.45) is 0 Å². The summed E-state index contributed by atoms with van der Waals surface area (Å²) in [7, 11) is 1.61. The van der Waals surface area contributed by atoms with Crippen molar-refractivity contribution in [2.45, 2.75) is 26.5 Å². The SMILES string of the molecule is COc1ccc(OCC(O)CNCc2cc3cc(C)cc(C)c3[nH]c2=O)cc1. The lowest BCUT2D eigenvalue weighted by Gasteiger charge is -2.14. The largest absolute Gasteiger partial charge is 0.497 e. The molecule has 148 valence electrons. The Kier molecular flexibility index (Phi) is 6.34. The van der Waals surface area contributed by atoms with Gasteiger partial charge < -0.3 is 24.9 Å². The van der Waals surface area contributed by atoms with E-state index in [9.17, 15) is 9.90 Å². The number of methoxy groups -OCH3 is 1. The number of pyridine rings is 1. The second kappa shape index (κ2) is 8.91. The quantitative estimate of drug-likeness (QED) is 0.558. The Morgan fingerprint density at radius 2 is 1.82 bits per heavy atom. The first-order valence-electron chi connectivity index (χ1n) is 9.25. The van der Waals surface area contributed by atoms with Crippen LogP contribution in [0, 0.1) is 13.8 Å². The van der Waals surface area contributed by atoms with E-state index in [1.54, 1.807) is 31.4 Å². The van der Waals surface area contributed by atoms with Gasteiger partial charge in [0, 0.05) is 18.7 Å². The number of benzene rings is 2. The van der Waals surface area contributed by atoms with Crippen LogP contribution in [0.5, 0.6) is 11.5 Å². The number of rotatable bonds is 8. The van der Waals surface area contributed by atoms with Gasteiger partial charge in [0.15, 0.2) is 0 Å². The molecule has 3 rings (SSSR count). The number of ether oxygens (including phenoxy) is 2. The van der Waals surface area contributed by atoms with Crippen LogP contribution >= 0.6 is 0 Å². The topological polar surface area (TPSA) is 83.6 Å². The Hall–Kier alpha value is -2.83. The van der Waals surface area contributed by atoms with Crippen molar-refractivity contribution in [3.63, 3.8) is 0 Å². The van der Waals surface area contributed by atoms with Gasteiger partial charge in [-0.2, -0.15) is 0 Å². The van der Waals surface area contributed by atoms with Crippen LogP contribution in [0.1, 0.15) is 16.7 Å². The van der Waals surface area contributed by atoms with Crippen molar-refractivity contribution in [1.29, 1.82) is 0 Å². The van der Waals surface area contributed by atoms with Crippen molar-refractivity contribution in [1.82, 2.24) is 10.3 Å². The number of fused-ring (bicyclic) bond motifs is 1. The Balaban J connectivity index is 1.53. The van der Waals surface area contributed by atoms with Gasteiger partial charge in [-0.1, -0.05) is 11.6 Å². The van der Waals surface area contributed by atoms with E-state index in [-0.39, 0.29) is 12.2 Å². The van der Waals surface area contributed by atoms with Crippen LogP contribution in [0.15, 0.2) is 47.3 Å². The maximum absolute atomic E-state index is 12.3. The minimum Gasteiger partial charge on any atom is -0.497 e. The summed E-state index contributed by atoms with van der Waals surface area (Å²) in [4.78, 5) is 15.3. The lowest BCUT2D eigenvalue weighted by atomic mass is 10.1. The van der Waals surface area contributed by atoms with Crippen molar-refractivity contribution < 1.29 is 14.6 Å². The molecule has 0 saturated heterocycles. The minimum absolute atomic E-state index is 0.115. The summed E-state index contributed by atoms with van der Waals surface area (Å²) in [5.74, 6) is 1.41. The van der Waals surface area contributed by atoms with Crippen molar-refractivity contribution in [2.75, 3.05) is 20.3 Å². The Morgan fingerprint density at radius 1 is 1.11 bits per heavy atom. The molecule has 3 N–H and O–H groups in total. The summed E-state index contributed by atoms with van der Waals surface area (Å²) in [5, 5.41) is 14.2. The van der Waals surface area contributed by atoms with Gasteiger partial charge in [0.25, 0.3) is 5.56 Å². The van der Waals surface area contributed by atoms with Crippen molar-refractivity contribution >= 4 is 10.9 Å². The summed E-state index contributed by atoms with van der Waals surface area (Å²) in [5.41, 5.74) is 3.60. The van der Waals surface area contributed by atoms with Gasteiger partial charge in [-0.15, -0.1) is 0 Å². The van der Waals surface area contributed by atoms with Gasteiger partial charge in [0.2, 0.25) is 0 Å². The summed E-state index contributed by atoms with van der Waals surface area (Å²) in [6.07, 6.45) is -0.689. The van der Waals surface area contributed by atoms with Crippen LogP contribution in [0.3, 0.4) is 0 Å². The molecule has 0 aliphatic heterocycles. The van der Waals surface area contributed by atoms with E-state index in [4.69, 9.17) is 9.47 Å². The van der Waals surface area contributed by atoms with E-state index in [2.05, 4.69) is 22.4 Å². The van der Waals surface area contributed by atoms with E-state index < -0.39 is 6.10 Å². The van der Waals surface area contributed by atoms with Crippen LogP contribution in [0.25, 0.3) is 10.9 Å². The zero-order valence-electron chi connectivity index (χ0n) is 16.4. The molecule has 0 radical (unpaired) electrons. The molecule has 2 aromatic carbocycles. The molecule has 6 nitrogen and oxygen atoms in total. The van der Waals surface area contributed by atoms with Gasteiger partial charge in [-0.05, 0) is 61.2 Å². The highest BCUT2D eigenvalue weighted by molar-refractivity contribution is 5.82. The van der Waals surface area contributed by atoms with Crippen LogP contribution in [0.4, 0.5) is 0 Å². The Labute approximate surface area is 164 Å². The average molecular weight is 382 g/mol. The molecule has 0 aliphatic rings. The molecule has 0 bridgehead atoms. The molecule has 0 aliphatic carbocycles. The lowest BCUT2D eigenvalue weighted by molar-refractivity contribution is 0.106. The number of aliphatic hydroxyl groups excluding tert-OH is 1. The predicted octanol–water partition coefficient (Wildman–Crippen LogP) is 2.68. The molecule has 1 atom stereocenters. The molecular formula is C22H26N2O4. The number of H-pyrrole nitrogens is 1. The number of aryl methyl sites for hydroxylation is 2. The minimum atomic E-state index is -0.689. The first-order chi connectivity index (χ1) is 13.5. The first-order valence-corrected chi connectivity index (χ1v) is 9.25. The number of hydrogen-bond donors (Lipinski definition) is 3. The predicted molar refractivity (Wildman–Crippen MR) is 110 cm³/mol. The fourth-order valence-corrected chi connectivity index (χ4v) is 3.16. The van der Waals surface area contributed by atoms with Gasteiger partial charge in [-0.3, -0.25) is 4.79 Å². The molecule has 3 aromatic rings. The molecule has 0 amide bonds.